The molecule has 0 aromatic carbocycles. The van der Waals surface area contributed by atoms with Crippen molar-refractivity contribution in [3.05, 3.63) is 22.9 Å². The molecular weight excluding hydrogens is 363 g/mol. The van der Waals surface area contributed by atoms with Gasteiger partial charge in [-0.05, 0) is 6.08 Å². The molecule has 0 aromatic heterocycles. The number of ether oxygens (including phenoxy) is 1. The van der Waals surface area contributed by atoms with Gasteiger partial charge in [0.05, 0.1) is 10.7 Å². The highest BCUT2D eigenvalue weighted by atomic mass is 35.5. The Morgan fingerprint density at radius 2 is 1.95 bits per heavy atom. The summed E-state index contributed by atoms with van der Waals surface area (Å²) in [6.45, 7) is 1.08. The third-order valence-corrected chi connectivity index (χ3v) is 3.07. The van der Waals surface area contributed by atoms with Crippen LogP contribution in [0.2, 0.25) is 0 Å². The molecule has 1 aliphatic rings. The summed E-state index contributed by atoms with van der Waals surface area (Å²) in [4.78, 5) is 10.9. The molecule has 0 spiro atoms. The lowest BCUT2D eigenvalue weighted by atomic mass is 10.1. The normalized spacial score (nSPS) is 24.4. The molecule has 0 radical (unpaired) electrons. The smallest absolute Gasteiger partial charge is 0.325 e. The van der Waals surface area contributed by atoms with E-state index in [2.05, 4.69) is 10.1 Å². The highest BCUT2D eigenvalue weighted by Gasteiger charge is 2.60. The van der Waals surface area contributed by atoms with E-state index in [1.165, 1.54) is 0 Å². The van der Waals surface area contributed by atoms with Crippen LogP contribution in [0.5, 0.6) is 0 Å². The van der Waals surface area contributed by atoms with Crippen LogP contribution in [0.15, 0.2) is 22.9 Å². The highest BCUT2D eigenvalue weighted by molar-refractivity contribution is 6.33. The molecule has 126 valence electrons. The molecule has 0 bridgehead atoms. The maximum atomic E-state index is 13.3. The van der Waals surface area contributed by atoms with Crippen LogP contribution in [0.3, 0.4) is 0 Å². The van der Waals surface area contributed by atoms with E-state index in [0.717, 1.165) is 13.0 Å². The quantitative estimate of drug-likeness (QED) is 0.599. The monoisotopic (exact) mass is 371 g/mol. The van der Waals surface area contributed by atoms with E-state index in [0.29, 0.717) is 6.08 Å². The van der Waals surface area contributed by atoms with Crippen LogP contribution in [0.1, 0.15) is 13.3 Å². The van der Waals surface area contributed by atoms with E-state index >= 15 is 0 Å². The average molecular weight is 372 g/mol. The van der Waals surface area contributed by atoms with Crippen LogP contribution in [0.25, 0.3) is 0 Å². The fourth-order valence-electron chi connectivity index (χ4n) is 1.51. The van der Waals surface area contributed by atoms with E-state index in [-0.39, 0.29) is 10.7 Å². The molecular formula is C11H9Cl2F6NO2. The van der Waals surface area contributed by atoms with Gasteiger partial charge in [0.15, 0.2) is 5.06 Å². The zero-order chi connectivity index (χ0) is 17.3. The minimum atomic E-state index is -5.83. The van der Waals surface area contributed by atoms with Crippen molar-refractivity contribution in [1.29, 1.82) is 0 Å². The fraction of sp³-hybridized carbons (Fsp3) is 0.545. The number of carbonyl (C=O) groups excluding carboxylic acids is 1. The first kappa shape index (κ1) is 19.1. The molecule has 0 fully saturated rings. The van der Waals surface area contributed by atoms with Gasteiger partial charge in [-0.2, -0.15) is 22.0 Å². The first-order valence-corrected chi connectivity index (χ1v) is 6.36. The van der Waals surface area contributed by atoms with Gasteiger partial charge >= 0.3 is 12.3 Å². The van der Waals surface area contributed by atoms with Crippen molar-refractivity contribution in [2.45, 2.75) is 36.9 Å². The maximum Gasteiger partial charge on any atom is 0.428 e. The molecule has 22 heavy (non-hydrogen) atoms. The Labute approximate surface area is 130 Å². The van der Waals surface area contributed by atoms with Crippen molar-refractivity contribution in [1.82, 2.24) is 5.32 Å². The van der Waals surface area contributed by atoms with Gasteiger partial charge in [0, 0.05) is 13.3 Å². The molecule has 0 aliphatic heterocycles. The van der Waals surface area contributed by atoms with Crippen LogP contribution in [0, 0.1) is 0 Å². The molecule has 0 aromatic rings. The van der Waals surface area contributed by atoms with Crippen molar-refractivity contribution < 1.29 is 35.9 Å². The number of amides is 1. The molecule has 1 aliphatic carbocycles. The number of carbonyl (C=O) groups is 1. The number of halogens is 8. The minimum Gasteiger partial charge on any atom is -0.325 e. The van der Waals surface area contributed by atoms with Crippen LogP contribution >= 0.6 is 23.2 Å². The third-order valence-electron chi connectivity index (χ3n) is 2.38. The summed E-state index contributed by atoms with van der Waals surface area (Å²) in [5.41, 5.74) is -0.242. The Bertz CT molecular complexity index is 519. The maximum absolute atomic E-state index is 13.3. The second-order valence-electron chi connectivity index (χ2n) is 4.35. The molecule has 0 saturated carbocycles. The molecule has 11 heteroatoms. The minimum absolute atomic E-state index is 0.0778. The number of hydrogen-bond donors (Lipinski definition) is 1. The molecule has 3 nitrogen and oxygen atoms in total. The Morgan fingerprint density at radius 3 is 2.41 bits per heavy atom. The van der Waals surface area contributed by atoms with Gasteiger partial charge in [-0.15, -0.1) is 0 Å². The van der Waals surface area contributed by atoms with Crippen LogP contribution in [-0.2, 0) is 9.53 Å². The van der Waals surface area contributed by atoms with E-state index in [1.54, 1.807) is 0 Å². The zero-order valence-electron chi connectivity index (χ0n) is 10.8. The second kappa shape index (κ2) is 6.29. The van der Waals surface area contributed by atoms with Gasteiger partial charge < -0.3 is 5.32 Å². The standard InChI is InChI=1S/C11H9Cl2F6NO2/c1-5(21)20-7-4-9(13,3-2-6(7)12)22-11(18,19)8(14)10(15,16)17/h2,4,8H,3H2,1H3,(H,20,21). The van der Waals surface area contributed by atoms with Gasteiger partial charge in [0.1, 0.15) is 0 Å². The third kappa shape index (κ3) is 4.79. The molecule has 0 heterocycles. The first-order chi connectivity index (χ1) is 9.77. The number of rotatable bonds is 4. The lowest BCUT2D eigenvalue weighted by Gasteiger charge is -2.33. The summed E-state index contributed by atoms with van der Waals surface area (Å²) in [7, 11) is 0. The van der Waals surface area contributed by atoms with Crippen molar-refractivity contribution in [2.75, 3.05) is 0 Å². The molecule has 1 rings (SSSR count). The van der Waals surface area contributed by atoms with Gasteiger partial charge in [0.25, 0.3) is 6.17 Å². The predicted molar refractivity (Wildman–Crippen MR) is 66.0 cm³/mol. The lowest BCUT2D eigenvalue weighted by Crippen LogP contribution is -2.48. The lowest BCUT2D eigenvalue weighted by molar-refractivity contribution is -0.349. The van der Waals surface area contributed by atoms with Gasteiger partial charge in [-0.1, -0.05) is 29.3 Å². The first-order valence-electron chi connectivity index (χ1n) is 5.61. The second-order valence-corrected chi connectivity index (χ2v) is 5.40. The molecule has 1 N–H and O–H groups in total. The fourth-order valence-corrected chi connectivity index (χ4v) is 1.98. The van der Waals surface area contributed by atoms with E-state index in [4.69, 9.17) is 23.2 Å². The molecule has 0 saturated heterocycles. The molecule has 2 unspecified atom stereocenters. The summed E-state index contributed by atoms with van der Waals surface area (Å²) >= 11 is 11.3. The number of hydrogen-bond acceptors (Lipinski definition) is 2. The highest BCUT2D eigenvalue weighted by Crippen LogP contribution is 2.43. The summed E-state index contributed by atoms with van der Waals surface area (Å²) in [6, 6.07) is 0. The van der Waals surface area contributed by atoms with Crippen LogP contribution < -0.4 is 5.32 Å². The van der Waals surface area contributed by atoms with Crippen LogP contribution in [0.4, 0.5) is 26.3 Å². The number of nitrogens with one attached hydrogen (secondary N) is 1. The number of allylic oxidation sites excluding steroid dienone is 1. The summed E-state index contributed by atoms with van der Waals surface area (Å²) < 4.78 is 79.3. The Balaban J connectivity index is 3.01. The molecule has 1 amide bonds. The van der Waals surface area contributed by atoms with Crippen molar-refractivity contribution >= 4 is 29.1 Å². The van der Waals surface area contributed by atoms with E-state index in [1.807, 2.05) is 0 Å². The zero-order valence-corrected chi connectivity index (χ0v) is 12.3. The Morgan fingerprint density at radius 1 is 1.41 bits per heavy atom. The van der Waals surface area contributed by atoms with E-state index < -0.39 is 35.8 Å². The Kier molecular flexibility index (Phi) is 5.46. The van der Waals surface area contributed by atoms with Crippen molar-refractivity contribution in [3.63, 3.8) is 0 Å². The molecule has 2 atom stereocenters. The van der Waals surface area contributed by atoms with Gasteiger partial charge in [-0.3, -0.25) is 9.53 Å². The topological polar surface area (TPSA) is 38.3 Å². The van der Waals surface area contributed by atoms with E-state index in [9.17, 15) is 31.1 Å². The predicted octanol–water partition coefficient (Wildman–Crippen LogP) is 3.98. The van der Waals surface area contributed by atoms with Crippen molar-refractivity contribution in [3.8, 4) is 0 Å². The van der Waals surface area contributed by atoms with Crippen molar-refractivity contribution in [2.24, 2.45) is 0 Å². The van der Waals surface area contributed by atoms with Gasteiger partial charge in [-0.25, -0.2) is 4.39 Å². The SMILES string of the molecule is CC(=O)NC1=CC(Cl)(OC(F)(F)C(F)C(F)(F)F)CC=C1Cl. The van der Waals surface area contributed by atoms with Gasteiger partial charge in [0.2, 0.25) is 5.91 Å². The summed E-state index contributed by atoms with van der Waals surface area (Å²) in [6.07, 6.45) is -14.5. The average Bonchev–Trinajstić information content (AvgIpc) is 2.30. The Hall–Kier alpha value is -0.930. The summed E-state index contributed by atoms with van der Waals surface area (Å²) in [5.74, 6) is -0.635. The van der Waals surface area contributed by atoms with Crippen LogP contribution in [-0.4, -0.2) is 29.4 Å². The number of alkyl halides is 7. The summed E-state index contributed by atoms with van der Waals surface area (Å²) in [5, 5.41) is -0.454. The largest absolute Gasteiger partial charge is 0.428 e.